The van der Waals surface area contributed by atoms with Crippen LogP contribution in [0, 0.1) is 0 Å². The molecule has 5 nitrogen and oxygen atoms in total. The lowest BCUT2D eigenvalue weighted by molar-refractivity contribution is -0.131. The van der Waals surface area contributed by atoms with Gasteiger partial charge in [0.05, 0.1) is 0 Å². The molecule has 1 aromatic heterocycles. The van der Waals surface area contributed by atoms with E-state index in [1.54, 1.807) is 0 Å². The molecule has 6 heteroatoms. The average Bonchev–Trinajstić information content (AvgIpc) is 2.70. The molecule has 0 bridgehead atoms. The smallest absolute Gasteiger partial charge is 0.255 e. The van der Waals surface area contributed by atoms with Gasteiger partial charge in [-0.15, -0.1) is 0 Å². The van der Waals surface area contributed by atoms with Gasteiger partial charge in [-0.3, -0.25) is 14.2 Å². The molecule has 0 aromatic carbocycles. The molecule has 1 aliphatic heterocycles. The lowest BCUT2D eigenvalue weighted by Crippen LogP contribution is -2.38. The Bertz CT molecular complexity index is 561. The zero-order valence-electron chi connectivity index (χ0n) is 12.6. The van der Waals surface area contributed by atoms with E-state index in [0.29, 0.717) is 5.82 Å². The van der Waals surface area contributed by atoms with Gasteiger partial charge in [-0.25, -0.2) is 4.98 Å². The first kappa shape index (κ1) is 16.0. The van der Waals surface area contributed by atoms with Crippen molar-refractivity contribution in [2.24, 2.45) is 0 Å². The van der Waals surface area contributed by atoms with Crippen LogP contribution >= 0.6 is 11.6 Å². The van der Waals surface area contributed by atoms with Crippen molar-refractivity contribution in [2.45, 2.75) is 52.0 Å². The van der Waals surface area contributed by atoms with Crippen molar-refractivity contribution in [3.05, 3.63) is 27.4 Å². The molecule has 21 heavy (non-hydrogen) atoms. The van der Waals surface area contributed by atoms with E-state index in [9.17, 15) is 9.59 Å². The minimum absolute atomic E-state index is 0.00924. The first-order chi connectivity index (χ1) is 9.99. The molecule has 2 rings (SSSR count). The molecule has 1 saturated heterocycles. The summed E-state index contributed by atoms with van der Waals surface area (Å²) in [5.41, 5.74) is -0.262. The molecular formula is C15H22ClN3O2. The predicted octanol–water partition coefficient (Wildman–Crippen LogP) is 2.42. The number of amides is 1. The number of hydrogen-bond donors (Lipinski definition) is 0. The Morgan fingerprint density at radius 3 is 2.48 bits per heavy atom. The zero-order chi connectivity index (χ0) is 15.4. The van der Waals surface area contributed by atoms with Gasteiger partial charge >= 0.3 is 0 Å². The lowest BCUT2D eigenvalue weighted by atomic mass is 10.2. The highest BCUT2D eigenvalue weighted by molar-refractivity contribution is 6.29. The second-order valence-corrected chi connectivity index (χ2v) is 6.20. The Balaban J connectivity index is 2.22. The minimum Gasteiger partial charge on any atom is -0.341 e. The first-order valence-electron chi connectivity index (χ1n) is 7.54. The standard InChI is InChI=1S/C15H22ClN3O2/c1-11(2)15-17-12(16)9-13(20)19(15)10-14(21)18-7-5-3-4-6-8-18/h9,11H,3-8,10H2,1-2H3. The summed E-state index contributed by atoms with van der Waals surface area (Å²) < 4.78 is 1.45. The second-order valence-electron chi connectivity index (χ2n) is 5.81. The van der Waals surface area contributed by atoms with E-state index in [0.717, 1.165) is 25.9 Å². The van der Waals surface area contributed by atoms with Gasteiger partial charge in [0.15, 0.2) is 0 Å². The summed E-state index contributed by atoms with van der Waals surface area (Å²) in [5, 5.41) is 0.183. The fourth-order valence-corrected chi connectivity index (χ4v) is 2.83. The molecule has 2 heterocycles. The van der Waals surface area contributed by atoms with Crippen molar-refractivity contribution in [1.82, 2.24) is 14.5 Å². The van der Waals surface area contributed by atoms with Gasteiger partial charge < -0.3 is 4.90 Å². The Morgan fingerprint density at radius 1 is 1.29 bits per heavy atom. The van der Waals surface area contributed by atoms with Crippen LogP contribution < -0.4 is 5.56 Å². The highest BCUT2D eigenvalue weighted by atomic mass is 35.5. The van der Waals surface area contributed by atoms with Crippen molar-refractivity contribution in [3.8, 4) is 0 Å². The molecule has 0 aliphatic carbocycles. The summed E-state index contributed by atoms with van der Waals surface area (Å²) in [6, 6.07) is 1.27. The molecule has 1 fully saturated rings. The van der Waals surface area contributed by atoms with Crippen LogP contribution in [0.4, 0.5) is 0 Å². The van der Waals surface area contributed by atoms with Gasteiger partial charge in [0.1, 0.15) is 17.5 Å². The SMILES string of the molecule is CC(C)c1nc(Cl)cc(=O)n1CC(=O)N1CCCCCC1. The molecule has 0 atom stereocenters. The van der Waals surface area contributed by atoms with Crippen LogP contribution in [0.2, 0.25) is 5.15 Å². The van der Waals surface area contributed by atoms with Crippen LogP contribution in [0.25, 0.3) is 0 Å². The zero-order valence-corrected chi connectivity index (χ0v) is 13.4. The summed E-state index contributed by atoms with van der Waals surface area (Å²) in [4.78, 5) is 30.6. The van der Waals surface area contributed by atoms with Crippen LogP contribution in [0.1, 0.15) is 51.3 Å². The third kappa shape index (κ3) is 4.06. The van der Waals surface area contributed by atoms with E-state index in [1.165, 1.54) is 23.5 Å². The van der Waals surface area contributed by atoms with Gasteiger partial charge in [-0.1, -0.05) is 38.3 Å². The van der Waals surface area contributed by atoms with Crippen molar-refractivity contribution < 1.29 is 4.79 Å². The van der Waals surface area contributed by atoms with E-state index in [1.807, 2.05) is 18.7 Å². The number of carbonyl (C=O) groups excluding carboxylic acids is 1. The van der Waals surface area contributed by atoms with Crippen molar-refractivity contribution in [2.75, 3.05) is 13.1 Å². The maximum atomic E-state index is 12.4. The fourth-order valence-electron chi connectivity index (χ4n) is 2.65. The third-order valence-corrected chi connectivity index (χ3v) is 3.97. The number of carbonyl (C=O) groups is 1. The largest absolute Gasteiger partial charge is 0.341 e. The Morgan fingerprint density at radius 2 is 1.90 bits per heavy atom. The second kappa shape index (κ2) is 7.07. The third-order valence-electron chi connectivity index (χ3n) is 3.78. The van der Waals surface area contributed by atoms with Crippen LogP contribution in [-0.4, -0.2) is 33.4 Å². The van der Waals surface area contributed by atoms with E-state index < -0.39 is 0 Å². The normalized spacial score (nSPS) is 16.1. The van der Waals surface area contributed by atoms with Gasteiger partial charge in [0.2, 0.25) is 5.91 Å². The monoisotopic (exact) mass is 311 g/mol. The van der Waals surface area contributed by atoms with Crippen molar-refractivity contribution in [1.29, 1.82) is 0 Å². The summed E-state index contributed by atoms with van der Waals surface area (Å²) in [6.07, 6.45) is 4.42. The van der Waals surface area contributed by atoms with Gasteiger partial charge in [0.25, 0.3) is 5.56 Å². The van der Waals surface area contributed by atoms with Crippen LogP contribution in [0.5, 0.6) is 0 Å². The number of likely N-dealkylation sites (tertiary alicyclic amines) is 1. The Kier molecular flexibility index (Phi) is 5.39. The van der Waals surface area contributed by atoms with E-state index >= 15 is 0 Å². The molecule has 0 radical (unpaired) electrons. The van der Waals surface area contributed by atoms with Crippen molar-refractivity contribution in [3.63, 3.8) is 0 Å². The quantitative estimate of drug-likeness (QED) is 0.806. The molecule has 1 aromatic rings. The number of halogens is 1. The molecule has 1 amide bonds. The van der Waals surface area contributed by atoms with Crippen molar-refractivity contribution >= 4 is 17.5 Å². The van der Waals surface area contributed by atoms with Crippen LogP contribution in [0.15, 0.2) is 10.9 Å². The molecule has 0 unspecified atom stereocenters. The fraction of sp³-hybridized carbons (Fsp3) is 0.667. The summed E-state index contributed by atoms with van der Waals surface area (Å²) >= 11 is 5.85. The molecule has 1 aliphatic rings. The topological polar surface area (TPSA) is 55.2 Å². The molecule has 0 spiro atoms. The highest BCUT2D eigenvalue weighted by Crippen LogP contribution is 2.14. The Hall–Kier alpha value is -1.36. The maximum Gasteiger partial charge on any atom is 0.255 e. The number of rotatable bonds is 3. The number of nitrogens with zero attached hydrogens (tertiary/aromatic N) is 3. The van der Waals surface area contributed by atoms with Crippen LogP contribution in [-0.2, 0) is 11.3 Å². The Labute approximate surface area is 129 Å². The minimum atomic E-state index is -0.262. The average molecular weight is 312 g/mol. The van der Waals surface area contributed by atoms with E-state index in [2.05, 4.69) is 4.98 Å². The van der Waals surface area contributed by atoms with Gasteiger partial charge in [-0.05, 0) is 12.8 Å². The molecule has 0 saturated carbocycles. The maximum absolute atomic E-state index is 12.4. The lowest BCUT2D eigenvalue weighted by Gasteiger charge is -2.22. The van der Waals surface area contributed by atoms with Gasteiger partial charge in [0, 0.05) is 25.1 Å². The summed E-state index contributed by atoms with van der Waals surface area (Å²) in [6.45, 7) is 5.49. The molecule has 0 N–H and O–H groups in total. The molecule has 116 valence electrons. The van der Waals surface area contributed by atoms with Gasteiger partial charge in [-0.2, -0.15) is 0 Å². The van der Waals surface area contributed by atoms with E-state index in [-0.39, 0.29) is 29.1 Å². The summed E-state index contributed by atoms with van der Waals surface area (Å²) in [5.74, 6) is 0.592. The number of hydrogen-bond acceptors (Lipinski definition) is 3. The first-order valence-corrected chi connectivity index (χ1v) is 7.92. The summed E-state index contributed by atoms with van der Waals surface area (Å²) in [7, 11) is 0. The van der Waals surface area contributed by atoms with E-state index in [4.69, 9.17) is 11.6 Å². The highest BCUT2D eigenvalue weighted by Gasteiger charge is 2.19. The molecular weight excluding hydrogens is 290 g/mol. The number of aromatic nitrogens is 2. The predicted molar refractivity (Wildman–Crippen MR) is 82.6 cm³/mol. The van der Waals surface area contributed by atoms with Crippen LogP contribution in [0.3, 0.4) is 0 Å².